The molecular weight excluding hydrogens is 279 g/mol. The Morgan fingerprint density at radius 2 is 1.85 bits per heavy atom. The lowest BCUT2D eigenvalue weighted by Crippen LogP contribution is -2.45. The normalized spacial score (nSPS) is 13.6. The number of anilines is 1. The van der Waals surface area contributed by atoms with Crippen molar-refractivity contribution < 1.29 is 9.18 Å². The Hall–Kier alpha value is -1.91. The quantitative estimate of drug-likeness (QED) is 0.912. The van der Waals surface area contributed by atoms with Gasteiger partial charge in [-0.3, -0.25) is 4.79 Å². The van der Waals surface area contributed by atoms with Crippen molar-refractivity contribution in [2.45, 2.75) is 12.5 Å². The molecule has 0 aliphatic rings. The molecule has 0 aromatic heterocycles. The van der Waals surface area contributed by atoms with E-state index in [1.165, 1.54) is 12.1 Å². The minimum absolute atomic E-state index is 0.00936. The van der Waals surface area contributed by atoms with Crippen molar-refractivity contribution in [1.82, 2.24) is 0 Å². The summed E-state index contributed by atoms with van der Waals surface area (Å²) in [5.74, 6) is -1.18. The molecule has 1 atom stereocenters. The van der Waals surface area contributed by atoms with Gasteiger partial charge in [0.1, 0.15) is 5.54 Å². The van der Waals surface area contributed by atoms with E-state index in [0.29, 0.717) is 5.56 Å². The molecule has 0 aliphatic heterocycles. The third-order valence-corrected chi connectivity index (χ3v) is 3.34. The van der Waals surface area contributed by atoms with Gasteiger partial charge < -0.3 is 11.1 Å². The molecule has 0 bridgehead atoms. The summed E-state index contributed by atoms with van der Waals surface area (Å²) < 4.78 is 13.8. The molecule has 0 saturated heterocycles. The molecule has 0 fully saturated rings. The first kappa shape index (κ1) is 14.5. The molecule has 1 amide bonds. The van der Waals surface area contributed by atoms with Gasteiger partial charge in [-0.15, -0.1) is 0 Å². The largest absolute Gasteiger partial charge is 0.322 e. The maximum atomic E-state index is 13.8. The molecule has 2 aromatic carbocycles. The fraction of sp³-hybridized carbons (Fsp3) is 0.133. The van der Waals surface area contributed by atoms with E-state index < -0.39 is 17.3 Å². The number of carbonyl (C=O) groups is 1. The van der Waals surface area contributed by atoms with Crippen LogP contribution in [0, 0.1) is 5.82 Å². The van der Waals surface area contributed by atoms with Crippen LogP contribution in [0.5, 0.6) is 0 Å². The van der Waals surface area contributed by atoms with E-state index in [4.69, 9.17) is 17.3 Å². The molecule has 0 radical (unpaired) electrons. The number of rotatable bonds is 3. The van der Waals surface area contributed by atoms with E-state index in [0.717, 1.165) is 0 Å². The molecule has 2 rings (SSSR count). The highest BCUT2D eigenvalue weighted by molar-refractivity contribution is 6.31. The lowest BCUT2D eigenvalue weighted by atomic mass is 9.92. The molecule has 2 aromatic rings. The molecule has 5 heteroatoms. The summed E-state index contributed by atoms with van der Waals surface area (Å²) >= 11 is 5.67. The van der Waals surface area contributed by atoms with Crippen molar-refractivity contribution in [3.8, 4) is 0 Å². The zero-order chi connectivity index (χ0) is 14.8. The van der Waals surface area contributed by atoms with Crippen molar-refractivity contribution in [3.05, 3.63) is 64.9 Å². The molecular formula is C15H14ClFN2O. The number of nitrogens with two attached hydrogens (primary N) is 1. The van der Waals surface area contributed by atoms with Gasteiger partial charge in [0.05, 0.1) is 10.7 Å². The second kappa shape index (κ2) is 5.61. The minimum atomic E-state index is -1.27. The van der Waals surface area contributed by atoms with E-state index >= 15 is 0 Å². The van der Waals surface area contributed by atoms with Crippen LogP contribution < -0.4 is 11.1 Å². The molecule has 0 saturated carbocycles. The monoisotopic (exact) mass is 292 g/mol. The van der Waals surface area contributed by atoms with Crippen LogP contribution >= 0.6 is 11.6 Å². The Kier molecular flexibility index (Phi) is 4.06. The molecule has 104 valence electrons. The number of halogens is 2. The van der Waals surface area contributed by atoms with Crippen LogP contribution in [0.25, 0.3) is 0 Å². The maximum Gasteiger partial charge on any atom is 0.248 e. The summed E-state index contributed by atoms with van der Waals surface area (Å²) in [5, 5.41) is 2.41. The molecule has 3 nitrogen and oxygen atoms in total. The van der Waals surface area contributed by atoms with Gasteiger partial charge in [-0.2, -0.15) is 0 Å². The van der Waals surface area contributed by atoms with Gasteiger partial charge in [0.2, 0.25) is 5.91 Å². The third kappa shape index (κ3) is 2.81. The average molecular weight is 293 g/mol. The summed E-state index contributed by atoms with van der Waals surface area (Å²) in [6.45, 7) is 1.57. The first-order valence-corrected chi connectivity index (χ1v) is 6.40. The Balaban J connectivity index is 2.26. The van der Waals surface area contributed by atoms with Crippen molar-refractivity contribution >= 4 is 23.2 Å². The van der Waals surface area contributed by atoms with Gasteiger partial charge in [-0.25, -0.2) is 4.39 Å². The van der Waals surface area contributed by atoms with E-state index in [-0.39, 0.29) is 10.7 Å². The number of hydrogen-bond acceptors (Lipinski definition) is 2. The second-order valence-corrected chi connectivity index (χ2v) is 5.03. The topological polar surface area (TPSA) is 55.1 Å². The lowest BCUT2D eigenvalue weighted by molar-refractivity contribution is -0.120. The maximum absolute atomic E-state index is 13.8. The zero-order valence-electron chi connectivity index (χ0n) is 10.9. The summed E-state index contributed by atoms with van der Waals surface area (Å²) in [6, 6.07) is 13.3. The summed E-state index contributed by atoms with van der Waals surface area (Å²) in [6.07, 6.45) is 0. The van der Waals surface area contributed by atoms with Gasteiger partial charge in [0.25, 0.3) is 0 Å². The first-order valence-electron chi connectivity index (χ1n) is 6.03. The number of amides is 1. The van der Waals surface area contributed by atoms with Crippen LogP contribution in [0.4, 0.5) is 10.1 Å². The van der Waals surface area contributed by atoms with E-state index in [1.807, 2.05) is 6.07 Å². The summed E-state index contributed by atoms with van der Waals surface area (Å²) in [7, 11) is 0. The Morgan fingerprint density at radius 1 is 1.20 bits per heavy atom. The first-order chi connectivity index (χ1) is 9.43. The highest BCUT2D eigenvalue weighted by Crippen LogP contribution is 2.25. The van der Waals surface area contributed by atoms with E-state index in [2.05, 4.69) is 5.32 Å². The Morgan fingerprint density at radius 3 is 2.50 bits per heavy atom. The van der Waals surface area contributed by atoms with Crippen LogP contribution in [0.3, 0.4) is 0 Å². The minimum Gasteiger partial charge on any atom is -0.322 e. The third-order valence-electron chi connectivity index (χ3n) is 3.04. The van der Waals surface area contributed by atoms with Crippen molar-refractivity contribution in [2.24, 2.45) is 5.73 Å². The Bertz CT molecular complexity index is 629. The van der Waals surface area contributed by atoms with Crippen molar-refractivity contribution in [2.75, 3.05) is 5.32 Å². The molecule has 3 N–H and O–H groups in total. The van der Waals surface area contributed by atoms with E-state index in [1.54, 1.807) is 37.3 Å². The predicted octanol–water partition coefficient (Wildman–Crippen LogP) is 3.29. The standard InChI is InChI=1S/C15H14ClFN2O/c1-15(18,10-6-3-2-4-7-10)14(20)19-12-9-5-8-11(16)13(12)17/h2-9H,18H2,1H3,(H,19,20). The zero-order valence-corrected chi connectivity index (χ0v) is 11.6. The van der Waals surface area contributed by atoms with Gasteiger partial charge in [-0.05, 0) is 24.6 Å². The van der Waals surface area contributed by atoms with Crippen molar-refractivity contribution in [1.29, 1.82) is 0 Å². The predicted molar refractivity (Wildman–Crippen MR) is 78.0 cm³/mol. The molecule has 20 heavy (non-hydrogen) atoms. The molecule has 1 unspecified atom stereocenters. The van der Waals surface area contributed by atoms with E-state index in [9.17, 15) is 9.18 Å². The van der Waals surface area contributed by atoms with Gasteiger partial charge in [-0.1, -0.05) is 48.0 Å². The van der Waals surface area contributed by atoms with Crippen LogP contribution in [0.1, 0.15) is 12.5 Å². The van der Waals surface area contributed by atoms with Crippen LogP contribution in [0.2, 0.25) is 5.02 Å². The van der Waals surface area contributed by atoms with Crippen LogP contribution in [0.15, 0.2) is 48.5 Å². The van der Waals surface area contributed by atoms with Gasteiger partial charge in [0, 0.05) is 0 Å². The SMILES string of the molecule is CC(N)(C(=O)Nc1cccc(Cl)c1F)c1ccccc1. The van der Waals surface area contributed by atoms with Gasteiger partial charge >= 0.3 is 0 Å². The summed E-state index contributed by atoms with van der Waals surface area (Å²) in [4.78, 5) is 12.3. The fourth-order valence-electron chi connectivity index (χ4n) is 1.77. The molecule has 0 spiro atoms. The highest BCUT2D eigenvalue weighted by Gasteiger charge is 2.31. The number of hydrogen-bond donors (Lipinski definition) is 2. The van der Waals surface area contributed by atoms with Crippen LogP contribution in [-0.4, -0.2) is 5.91 Å². The lowest BCUT2D eigenvalue weighted by Gasteiger charge is -2.24. The Labute approximate surface area is 121 Å². The number of nitrogens with one attached hydrogen (secondary N) is 1. The number of benzene rings is 2. The van der Waals surface area contributed by atoms with Gasteiger partial charge in [0.15, 0.2) is 5.82 Å². The van der Waals surface area contributed by atoms with Crippen molar-refractivity contribution in [3.63, 3.8) is 0 Å². The average Bonchev–Trinajstić information content (AvgIpc) is 2.44. The number of carbonyl (C=O) groups excluding carboxylic acids is 1. The second-order valence-electron chi connectivity index (χ2n) is 4.62. The fourth-order valence-corrected chi connectivity index (χ4v) is 1.94. The van der Waals surface area contributed by atoms with Crippen LogP contribution in [-0.2, 0) is 10.3 Å². The highest BCUT2D eigenvalue weighted by atomic mass is 35.5. The molecule has 0 aliphatic carbocycles. The smallest absolute Gasteiger partial charge is 0.248 e. The molecule has 0 heterocycles. The summed E-state index contributed by atoms with van der Waals surface area (Å²) in [5.41, 5.74) is 5.43.